The molecular formula is C20H14Cl4N4O4. The van der Waals surface area contributed by atoms with Crippen LogP contribution in [0, 0.1) is 0 Å². The topological polar surface area (TPSA) is 113 Å². The monoisotopic (exact) mass is 514 g/mol. The second-order valence-corrected chi connectivity index (χ2v) is 7.99. The summed E-state index contributed by atoms with van der Waals surface area (Å²) >= 11 is 24.0. The van der Waals surface area contributed by atoms with Crippen LogP contribution in [0.15, 0.2) is 49.1 Å². The van der Waals surface area contributed by atoms with Crippen LogP contribution in [0.4, 0.5) is 11.4 Å². The van der Waals surface area contributed by atoms with Crippen LogP contribution in [0.25, 0.3) is 0 Å². The lowest BCUT2D eigenvalue weighted by molar-refractivity contribution is -0.148. The molecule has 1 atom stereocenters. The normalized spacial score (nSPS) is 11.6. The van der Waals surface area contributed by atoms with Crippen molar-refractivity contribution in [3.63, 3.8) is 0 Å². The molecule has 0 aliphatic rings. The smallest absolute Gasteiger partial charge is 0.335 e. The standard InChI is InChI=1S/C20H14Cl4N4O4/c21-12-6-25-7-13(22)17(12)19(29)27-11-3-1-10(2-4-11)5-16(20(30)31)32-28-18-14(23)8-26-9-15(18)24/h1-4,6-9,16H,5H2,(H,26,28)(H,27,29)(H,30,31). The van der Waals surface area contributed by atoms with E-state index in [0.29, 0.717) is 11.3 Å². The van der Waals surface area contributed by atoms with Crippen molar-refractivity contribution in [2.24, 2.45) is 0 Å². The molecule has 32 heavy (non-hydrogen) atoms. The Kier molecular flexibility index (Phi) is 8.11. The number of amides is 1. The highest BCUT2D eigenvalue weighted by Gasteiger charge is 2.21. The Labute approximate surface area is 202 Å². The summed E-state index contributed by atoms with van der Waals surface area (Å²) < 4.78 is 0. The number of hydrogen-bond acceptors (Lipinski definition) is 6. The highest BCUT2D eigenvalue weighted by Crippen LogP contribution is 2.29. The third kappa shape index (κ3) is 5.99. The Hall–Kier alpha value is -2.62. The van der Waals surface area contributed by atoms with Gasteiger partial charge in [-0.15, -0.1) is 0 Å². The van der Waals surface area contributed by atoms with E-state index >= 15 is 0 Å². The first-order valence-electron chi connectivity index (χ1n) is 8.89. The minimum absolute atomic E-state index is 0.0267. The van der Waals surface area contributed by atoms with Gasteiger partial charge in [-0.2, -0.15) is 0 Å². The molecule has 0 fully saturated rings. The maximum atomic E-state index is 12.4. The van der Waals surface area contributed by atoms with E-state index in [1.54, 1.807) is 24.3 Å². The zero-order valence-electron chi connectivity index (χ0n) is 16.0. The molecule has 0 aliphatic heterocycles. The second kappa shape index (κ2) is 10.8. The average Bonchev–Trinajstić information content (AvgIpc) is 2.73. The number of hydrogen-bond donors (Lipinski definition) is 3. The Bertz CT molecular complexity index is 1100. The molecule has 1 aromatic carbocycles. The summed E-state index contributed by atoms with van der Waals surface area (Å²) in [6.07, 6.45) is 4.10. The maximum Gasteiger partial charge on any atom is 0.335 e. The van der Waals surface area contributed by atoms with Gasteiger partial charge in [0.25, 0.3) is 5.91 Å². The molecule has 3 N–H and O–H groups in total. The molecule has 12 heteroatoms. The van der Waals surface area contributed by atoms with Gasteiger partial charge in [0, 0.05) is 36.9 Å². The first-order valence-corrected chi connectivity index (χ1v) is 10.4. The van der Waals surface area contributed by atoms with Gasteiger partial charge in [-0.3, -0.25) is 25.1 Å². The third-order valence-electron chi connectivity index (χ3n) is 4.15. The van der Waals surface area contributed by atoms with Crippen LogP contribution in [0.1, 0.15) is 15.9 Å². The van der Waals surface area contributed by atoms with Crippen molar-refractivity contribution < 1.29 is 19.5 Å². The maximum absolute atomic E-state index is 12.4. The fourth-order valence-electron chi connectivity index (χ4n) is 2.58. The summed E-state index contributed by atoms with van der Waals surface area (Å²) in [5.41, 5.74) is 3.89. The number of pyridine rings is 2. The van der Waals surface area contributed by atoms with E-state index in [1.807, 2.05) is 0 Å². The zero-order chi connectivity index (χ0) is 23.3. The molecule has 0 saturated carbocycles. The number of anilines is 2. The van der Waals surface area contributed by atoms with E-state index in [-0.39, 0.29) is 37.8 Å². The number of nitrogens with zero attached hydrogens (tertiary/aromatic N) is 2. The van der Waals surface area contributed by atoms with E-state index in [0.717, 1.165) is 0 Å². The highest BCUT2D eigenvalue weighted by atomic mass is 35.5. The second-order valence-electron chi connectivity index (χ2n) is 6.36. The van der Waals surface area contributed by atoms with Gasteiger partial charge < -0.3 is 10.4 Å². The Morgan fingerprint density at radius 2 is 1.44 bits per heavy atom. The van der Waals surface area contributed by atoms with Crippen LogP contribution in [0.3, 0.4) is 0 Å². The summed E-state index contributed by atoms with van der Waals surface area (Å²) in [6, 6.07) is 6.52. The van der Waals surface area contributed by atoms with Crippen molar-refractivity contribution in [1.82, 2.24) is 9.97 Å². The van der Waals surface area contributed by atoms with Gasteiger partial charge in [-0.1, -0.05) is 58.5 Å². The number of rotatable bonds is 8. The van der Waals surface area contributed by atoms with Crippen LogP contribution in [-0.2, 0) is 16.1 Å². The summed E-state index contributed by atoms with van der Waals surface area (Å²) in [6.45, 7) is 0. The van der Waals surface area contributed by atoms with E-state index in [2.05, 4.69) is 20.8 Å². The molecule has 0 radical (unpaired) electrons. The Morgan fingerprint density at radius 3 is 1.97 bits per heavy atom. The number of aliphatic carboxylic acids is 1. The predicted molar refractivity (Wildman–Crippen MR) is 123 cm³/mol. The van der Waals surface area contributed by atoms with Crippen LogP contribution in [-0.4, -0.2) is 33.1 Å². The lowest BCUT2D eigenvalue weighted by Crippen LogP contribution is -2.29. The lowest BCUT2D eigenvalue weighted by atomic mass is 10.1. The largest absolute Gasteiger partial charge is 0.479 e. The fraction of sp³-hybridized carbons (Fsp3) is 0.100. The van der Waals surface area contributed by atoms with Gasteiger partial charge in [0.2, 0.25) is 0 Å². The number of carbonyl (C=O) groups excluding carboxylic acids is 1. The Morgan fingerprint density at radius 1 is 0.906 bits per heavy atom. The molecule has 0 aliphatic carbocycles. The molecule has 2 heterocycles. The molecule has 2 aromatic heterocycles. The summed E-state index contributed by atoms with van der Waals surface area (Å²) in [4.78, 5) is 36.9. The molecular weight excluding hydrogens is 502 g/mol. The van der Waals surface area contributed by atoms with E-state index in [9.17, 15) is 14.7 Å². The van der Waals surface area contributed by atoms with Gasteiger partial charge in [0.1, 0.15) is 5.69 Å². The van der Waals surface area contributed by atoms with Crippen molar-refractivity contribution in [2.75, 3.05) is 10.8 Å². The van der Waals surface area contributed by atoms with Gasteiger partial charge in [0.15, 0.2) is 6.10 Å². The molecule has 1 unspecified atom stereocenters. The van der Waals surface area contributed by atoms with Crippen LogP contribution >= 0.6 is 46.4 Å². The molecule has 3 rings (SSSR count). The molecule has 166 valence electrons. The van der Waals surface area contributed by atoms with Crippen molar-refractivity contribution in [1.29, 1.82) is 0 Å². The molecule has 0 bridgehead atoms. The number of nitrogens with one attached hydrogen (secondary N) is 2. The molecule has 0 spiro atoms. The van der Waals surface area contributed by atoms with Crippen molar-refractivity contribution >= 4 is 69.7 Å². The van der Waals surface area contributed by atoms with E-state index in [1.165, 1.54) is 24.8 Å². The highest BCUT2D eigenvalue weighted by molar-refractivity contribution is 6.40. The van der Waals surface area contributed by atoms with Crippen LogP contribution in [0.5, 0.6) is 0 Å². The number of aromatic nitrogens is 2. The number of carbonyl (C=O) groups is 2. The third-order valence-corrected chi connectivity index (χ3v) is 5.29. The van der Waals surface area contributed by atoms with E-state index in [4.69, 9.17) is 51.2 Å². The summed E-state index contributed by atoms with van der Waals surface area (Å²) in [5.74, 6) is -1.70. The van der Waals surface area contributed by atoms with Crippen molar-refractivity contribution in [3.8, 4) is 0 Å². The first kappa shape index (κ1) is 24.0. The zero-order valence-corrected chi connectivity index (χ0v) is 19.0. The number of carboxylic acid groups (broad SMARTS) is 1. The summed E-state index contributed by atoms with van der Waals surface area (Å²) in [7, 11) is 0. The number of halogens is 4. The summed E-state index contributed by atoms with van der Waals surface area (Å²) in [5, 5.41) is 12.7. The number of benzene rings is 1. The minimum atomic E-state index is -1.25. The van der Waals surface area contributed by atoms with Gasteiger partial charge in [0.05, 0.1) is 25.7 Å². The fourth-order valence-corrected chi connectivity index (χ4v) is 3.56. The van der Waals surface area contributed by atoms with Crippen LogP contribution < -0.4 is 10.8 Å². The first-order chi connectivity index (χ1) is 15.3. The van der Waals surface area contributed by atoms with Gasteiger partial charge in [-0.25, -0.2) is 4.79 Å². The lowest BCUT2D eigenvalue weighted by Gasteiger charge is -2.16. The van der Waals surface area contributed by atoms with Crippen molar-refractivity contribution in [2.45, 2.75) is 12.5 Å². The Balaban J connectivity index is 1.65. The number of carboxylic acids is 1. The van der Waals surface area contributed by atoms with Gasteiger partial charge >= 0.3 is 5.97 Å². The van der Waals surface area contributed by atoms with Gasteiger partial charge in [-0.05, 0) is 17.7 Å². The average molecular weight is 516 g/mol. The predicted octanol–water partition coefficient (Wildman–Crippen LogP) is 5.38. The van der Waals surface area contributed by atoms with Crippen LogP contribution in [0.2, 0.25) is 20.1 Å². The molecule has 8 nitrogen and oxygen atoms in total. The SMILES string of the molecule is O=C(Nc1ccc(CC(ONc2c(Cl)cncc2Cl)C(=O)O)cc1)c1c(Cl)cncc1Cl. The molecule has 0 saturated heterocycles. The quantitative estimate of drug-likeness (QED) is 0.345. The van der Waals surface area contributed by atoms with E-state index < -0.39 is 18.0 Å². The molecule has 1 amide bonds. The van der Waals surface area contributed by atoms with Crippen molar-refractivity contribution in [3.05, 3.63) is 80.3 Å². The molecule has 3 aromatic rings. The minimum Gasteiger partial charge on any atom is -0.479 e.